The van der Waals surface area contributed by atoms with Crippen LogP contribution in [0.5, 0.6) is 0 Å². The number of likely N-dealkylation sites (N-methyl/N-ethyl adjacent to an activating group) is 1. The van der Waals surface area contributed by atoms with E-state index in [-0.39, 0.29) is 5.54 Å². The van der Waals surface area contributed by atoms with Crippen molar-refractivity contribution in [3.63, 3.8) is 0 Å². The molecule has 17 heavy (non-hydrogen) atoms. The molecule has 1 aromatic rings. The number of rotatable bonds is 6. The van der Waals surface area contributed by atoms with Gasteiger partial charge in [0.1, 0.15) is 0 Å². The smallest absolute Gasteiger partial charge is 0.0406 e. The van der Waals surface area contributed by atoms with Crippen LogP contribution in [0.15, 0.2) is 24.3 Å². The van der Waals surface area contributed by atoms with Gasteiger partial charge < -0.3 is 10.6 Å². The molecule has 0 fully saturated rings. The van der Waals surface area contributed by atoms with Crippen molar-refractivity contribution in [2.45, 2.75) is 38.8 Å². The van der Waals surface area contributed by atoms with Crippen LogP contribution in [0.25, 0.3) is 0 Å². The van der Waals surface area contributed by atoms with Crippen molar-refractivity contribution >= 4 is 11.6 Å². The van der Waals surface area contributed by atoms with Crippen molar-refractivity contribution in [2.24, 2.45) is 5.73 Å². The van der Waals surface area contributed by atoms with E-state index in [2.05, 4.69) is 37.9 Å². The number of benzene rings is 1. The van der Waals surface area contributed by atoms with Crippen LogP contribution in [0.1, 0.15) is 32.3 Å². The summed E-state index contributed by atoms with van der Waals surface area (Å²) in [4.78, 5) is 2.26. The van der Waals surface area contributed by atoms with Gasteiger partial charge in [0.25, 0.3) is 0 Å². The lowest BCUT2D eigenvalue weighted by Crippen LogP contribution is -2.46. The Morgan fingerprint density at radius 2 is 1.88 bits per heavy atom. The quantitative estimate of drug-likeness (QED) is 0.844. The molecule has 0 saturated carbocycles. The fourth-order valence-electron chi connectivity index (χ4n) is 2.22. The van der Waals surface area contributed by atoms with E-state index in [4.69, 9.17) is 17.3 Å². The fraction of sp³-hybridized carbons (Fsp3) is 0.571. The normalized spacial score (nSPS) is 14.9. The second kappa shape index (κ2) is 6.39. The highest BCUT2D eigenvalue weighted by Gasteiger charge is 2.19. The highest BCUT2D eigenvalue weighted by Crippen LogP contribution is 2.14. The van der Waals surface area contributed by atoms with Crippen LogP contribution in [-0.4, -0.2) is 24.0 Å². The zero-order valence-electron chi connectivity index (χ0n) is 11.0. The summed E-state index contributed by atoms with van der Waals surface area (Å²) in [6, 6.07) is 7.98. The van der Waals surface area contributed by atoms with Gasteiger partial charge in [-0.25, -0.2) is 0 Å². The van der Waals surface area contributed by atoms with Crippen LogP contribution in [0, 0.1) is 0 Å². The maximum absolute atomic E-state index is 6.24. The van der Waals surface area contributed by atoms with E-state index < -0.39 is 0 Å². The average Bonchev–Trinajstić information content (AvgIpc) is 2.20. The molecule has 1 aromatic carbocycles. The van der Waals surface area contributed by atoms with Crippen LogP contribution in [0.2, 0.25) is 5.02 Å². The summed E-state index contributed by atoms with van der Waals surface area (Å²) in [6.07, 6.45) is 2.18. The first-order valence-electron chi connectivity index (χ1n) is 6.15. The molecule has 0 bridgehead atoms. The molecule has 96 valence electrons. The fourth-order valence-corrected chi connectivity index (χ4v) is 2.35. The molecule has 0 heterocycles. The van der Waals surface area contributed by atoms with Gasteiger partial charge in [-0.2, -0.15) is 0 Å². The number of halogens is 1. The molecule has 0 amide bonds. The maximum Gasteiger partial charge on any atom is 0.0406 e. The maximum atomic E-state index is 6.24. The number of hydrogen-bond acceptors (Lipinski definition) is 2. The second-order valence-electron chi connectivity index (χ2n) is 5.20. The molecule has 2 nitrogen and oxygen atoms in total. The third kappa shape index (κ3) is 5.53. The first-order valence-corrected chi connectivity index (χ1v) is 6.52. The Bertz CT molecular complexity index is 333. The molecule has 0 aliphatic rings. The van der Waals surface area contributed by atoms with E-state index in [0.717, 1.165) is 31.0 Å². The highest BCUT2D eigenvalue weighted by atomic mass is 35.5. The van der Waals surface area contributed by atoms with Crippen LogP contribution >= 0.6 is 11.6 Å². The van der Waals surface area contributed by atoms with Gasteiger partial charge in [-0.05, 0) is 38.1 Å². The Kier molecular flexibility index (Phi) is 5.44. The number of nitrogens with zero attached hydrogens (tertiary/aromatic N) is 1. The Hall–Kier alpha value is -0.570. The largest absolute Gasteiger partial charge is 0.324 e. The summed E-state index contributed by atoms with van der Waals surface area (Å²) in [7, 11) is 2.11. The van der Waals surface area contributed by atoms with Crippen molar-refractivity contribution in [1.82, 2.24) is 4.90 Å². The van der Waals surface area contributed by atoms with Crippen LogP contribution < -0.4 is 5.73 Å². The van der Waals surface area contributed by atoms with Gasteiger partial charge in [0.05, 0.1) is 0 Å². The Morgan fingerprint density at radius 1 is 1.29 bits per heavy atom. The van der Waals surface area contributed by atoms with Gasteiger partial charge in [0.15, 0.2) is 0 Å². The van der Waals surface area contributed by atoms with Crippen LogP contribution in [0.4, 0.5) is 0 Å². The van der Waals surface area contributed by atoms with Gasteiger partial charge in [0.2, 0.25) is 0 Å². The van der Waals surface area contributed by atoms with E-state index in [9.17, 15) is 0 Å². The lowest BCUT2D eigenvalue weighted by molar-refractivity contribution is 0.241. The van der Waals surface area contributed by atoms with Gasteiger partial charge in [-0.3, -0.25) is 0 Å². The molecule has 0 aliphatic carbocycles. The summed E-state index contributed by atoms with van der Waals surface area (Å²) in [5.41, 5.74) is 7.41. The highest BCUT2D eigenvalue weighted by molar-refractivity contribution is 6.30. The van der Waals surface area contributed by atoms with E-state index in [0.29, 0.717) is 0 Å². The molecular weight excluding hydrogens is 232 g/mol. The zero-order valence-corrected chi connectivity index (χ0v) is 11.8. The van der Waals surface area contributed by atoms with Crippen molar-refractivity contribution in [3.05, 3.63) is 34.9 Å². The van der Waals surface area contributed by atoms with Crippen LogP contribution in [0.3, 0.4) is 0 Å². The molecular formula is C14H23ClN2. The standard InChI is InChI=1S/C14H23ClN2/c1-4-9-14(2,16)11-17(3)10-12-5-7-13(15)8-6-12/h5-8H,4,9-11,16H2,1-3H3. The molecule has 1 rings (SSSR count). The second-order valence-corrected chi connectivity index (χ2v) is 5.64. The van der Waals surface area contributed by atoms with Crippen molar-refractivity contribution in [1.29, 1.82) is 0 Å². The molecule has 0 saturated heterocycles. The lowest BCUT2D eigenvalue weighted by atomic mass is 9.97. The topological polar surface area (TPSA) is 29.3 Å². The van der Waals surface area contributed by atoms with Gasteiger partial charge in [0, 0.05) is 23.7 Å². The molecule has 1 atom stereocenters. The van der Waals surface area contributed by atoms with E-state index in [1.807, 2.05) is 12.1 Å². The first kappa shape index (κ1) is 14.5. The van der Waals surface area contributed by atoms with E-state index in [1.165, 1.54) is 5.56 Å². The number of hydrogen-bond donors (Lipinski definition) is 1. The minimum absolute atomic E-state index is 0.101. The average molecular weight is 255 g/mol. The van der Waals surface area contributed by atoms with Gasteiger partial charge in [-0.1, -0.05) is 37.1 Å². The summed E-state index contributed by atoms with van der Waals surface area (Å²) >= 11 is 5.86. The minimum Gasteiger partial charge on any atom is -0.324 e. The predicted octanol–water partition coefficient (Wildman–Crippen LogP) is 3.29. The van der Waals surface area contributed by atoms with Crippen molar-refractivity contribution in [3.8, 4) is 0 Å². The molecule has 3 heteroatoms. The van der Waals surface area contributed by atoms with Crippen molar-refractivity contribution < 1.29 is 0 Å². The molecule has 0 radical (unpaired) electrons. The van der Waals surface area contributed by atoms with E-state index >= 15 is 0 Å². The third-order valence-electron chi connectivity index (χ3n) is 2.82. The SMILES string of the molecule is CCCC(C)(N)CN(C)Cc1ccc(Cl)cc1. The Balaban J connectivity index is 2.49. The van der Waals surface area contributed by atoms with Gasteiger partial charge in [-0.15, -0.1) is 0 Å². The first-order chi connectivity index (χ1) is 7.93. The summed E-state index contributed by atoms with van der Waals surface area (Å²) in [5, 5.41) is 0.783. The molecule has 2 N–H and O–H groups in total. The third-order valence-corrected chi connectivity index (χ3v) is 3.07. The lowest BCUT2D eigenvalue weighted by Gasteiger charge is -2.30. The molecule has 0 spiro atoms. The van der Waals surface area contributed by atoms with E-state index in [1.54, 1.807) is 0 Å². The summed E-state index contributed by atoms with van der Waals surface area (Å²) < 4.78 is 0. The summed E-state index contributed by atoms with van der Waals surface area (Å²) in [5.74, 6) is 0. The summed E-state index contributed by atoms with van der Waals surface area (Å²) in [6.45, 7) is 6.11. The Morgan fingerprint density at radius 3 is 2.41 bits per heavy atom. The van der Waals surface area contributed by atoms with Crippen molar-refractivity contribution in [2.75, 3.05) is 13.6 Å². The Labute approximate surface area is 110 Å². The molecule has 0 aromatic heterocycles. The monoisotopic (exact) mass is 254 g/mol. The number of nitrogens with two attached hydrogens (primary N) is 1. The zero-order chi connectivity index (χ0) is 12.9. The predicted molar refractivity (Wildman–Crippen MR) is 75.3 cm³/mol. The van der Waals surface area contributed by atoms with Crippen LogP contribution in [-0.2, 0) is 6.54 Å². The molecule has 1 unspecified atom stereocenters. The minimum atomic E-state index is -0.101. The molecule has 0 aliphatic heterocycles. The van der Waals surface area contributed by atoms with Gasteiger partial charge >= 0.3 is 0 Å².